The van der Waals surface area contributed by atoms with Gasteiger partial charge >= 0.3 is 12.3 Å². The van der Waals surface area contributed by atoms with Crippen LogP contribution >= 0.6 is 0 Å². The zero-order valence-corrected chi connectivity index (χ0v) is 17.0. The Labute approximate surface area is 178 Å². The average molecular weight is 427 g/mol. The number of halogens is 3. The third-order valence-electron chi connectivity index (χ3n) is 5.54. The number of alkyl halides is 3. The van der Waals surface area contributed by atoms with Gasteiger partial charge in [0, 0.05) is 28.9 Å². The first-order valence-electron chi connectivity index (χ1n) is 10.0. The van der Waals surface area contributed by atoms with E-state index in [2.05, 4.69) is 9.72 Å². The number of hydrogen-bond acceptors (Lipinski definition) is 3. The van der Waals surface area contributed by atoms with Crippen molar-refractivity contribution in [2.75, 3.05) is 6.54 Å². The number of quaternary nitrogens is 1. The summed E-state index contributed by atoms with van der Waals surface area (Å²) in [4.78, 5) is 18.0. The molecular formula is C24H22F3N2O2+. The number of nitrogens with zero attached hydrogens (tertiary/aromatic N) is 2. The van der Waals surface area contributed by atoms with Crippen LogP contribution in [0.5, 0.6) is 5.75 Å². The second-order valence-corrected chi connectivity index (χ2v) is 7.86. The number of aryl methyl sites for hydroxylation is 1. The van der Waals surface area contributed by atoms with Gasteiger partial charge in [-0.2, -0.15) is 0 Å². The predicted molar refractivity (Wildman–Crippen MR) is 109 cm³/mol. The van der Waals surface area contributed by atoms with E-state index in [1.165, 1.54) is 12.1 Å². The van der Waals surface area contributed by atoms with E-state index in [1.807, 2.05) is 49.4 Å². The lowest BCUT2D eigenvalue weighted by molar-refractivity contribution is -0.871. The first-order chi connectivity index (χ1) is 14.7. The summed E-state index contributed by atoms with van der Waals surface area (Å²) in [6.45, 7) is 3.40. The Bertz CT molecular complexity index is 1100. The molecule has 3 aromatic rings. The molecule has 4 nitrogen and oxygen atoms in total. The quantitative estimate of drug-likeness (QED) is 0.508. The molecule has 1 unspecified atom stereocenters. The van der Waals surface area contributed by atoms with E-state index < -0.39 is 6.36 Å². The number of carbonyl (C=O) groups excluding carboxylic acids is 1. The SMILES string of the molecule is Cc1cccc(CC[N+]2(Cc3ccc(OC(F)(F)F)cc3)Cc3ccccc3C2=O)n1. The Hall–Kier alpha value is -3.19. The molecule has 7 heteroatoms. The molecule has 1 aliphatic heterocycles. The summed E-state index contributed by atoms with van der Waals surface area (Å²) < 4.78 is 41.5. The van der Waals surface area contributed by atoms with Crippen molar-refractivity contribution in [1.82, 2.24) is 4.98 Å². The van der Waals surface area contributed by atoms with Gasteiger partial charge in [-0.25, -0.2) is 9.28 Å². The monoisotopic (exact) mass is 427 g/mol. The van der Waals surface area contributed by atoms with Crippen LogP contribution in [0.2, 0.25) is 0 Å². The van der Waals surface area contributed by atoms with Gasteiger partial charge in [-0.15, -0.1) is 13.2 Å². The number of hydrogen-bond donors (Lipinski definition) is 0. The van der Waals surface area contributed by atoms with E-state index in [4.69, 9.17) is 0 Å². The molecule has 0 N–H and O–H groups in total. The minimum atomic E-state index is -4.73. The molecule has 0 saturated heterocycles. The second-order valence-electron chi connectivity index (χ2n) is 7.86. The van der Waals surface area contributed by atoms with Crippen LogP contribution in [-0.4, -0.2) is 28.3 Å². The van der Waals surface area contributed by atoms with Crippen LogP contribution in [0.25, 0.3) is 0 Å². The van der Waals surface area contributed by atoms with Gasteiger partial charge in [0.25, 0.3) is 0 Å². The molecule has 1 amide bonds. The Balaban J connectivity index is 1.60. The van der Waals surface area contributed by atoms with Crippen LogP contribution in [0.1, 0.15) is 32.9 Å². The summed E-state index contributed by atoms with van der Waals surface area (Å²) in [5.74, 6) is -0.248. The predicted octanol–water partition coefficient (Wildman–Crippen LogP) is 5.20. The Morgan fingerprint density at radius 2 is 1.74 bits per heavy atom. The van der Waals surface area contributed by atoms with Gasteiger partial charge in [-0.05, 0) is 49.4 Å². The Morgan fingerprint density at radius 3 is 2.42 bits per heavy atom. The minimum absolute atomic E-state index is 0.0267. The molecule has 0 saturated carbocycles. The molecule has 0 aliphatic carbocycles. The van der Waals surface area contributed by atoms with Crippen LogP contribution < -0.4 is 4.74 Å². The lowest BCUT2D eigenvalue weighted by atomic mass is 10.1. The van der Waals surface area contributed by atoms with Crippen molar-refractivity contribution in [3.8, 4) is 5.75 Å². The number of carbonyl (C=O) groups is 1. The smallest absolute Gasteiger partial charge is 0.406 e. The maximum absolute atomic E-state index is 13.4. The maximum atomic E-state index is 13.4. The number of ether oxygens (including phenoxy) is 1. The van der Waals surface area contributed by atoms with E-state index in [1.54, 1.807) is 12.1 Å². The van der Waals surface area contributed by atoms with Crippen LogP contribution in [0.15, 0.2) is 66.7 Å². The Kier molecular flexibility index (Phi) is 5.54. The van der Waals surface area contributed by atoms with Gasteiger partial charge in [-0.3, -0.25) is 4.98 Å². The van der Waals surface area contributed by atoms with E-state index in [-0.39, 0.29) is 16.1 Å². The fourth-order valence-corrected chi connectivity index (χ4v) is 4.12. The molecule has 2 heterocycles. The first kappa shape index (κ1) is 21.1. The van der Waals surface area contributed by atoms with E-state index >= 15 is 0 Å². The van der Waals surface area contributed by atoms with Crippen molar-refractivity contribution in [2.45, 2.75) is 32.8 Å². The van der Waals surface area contributed by atoms with Crippen LogP contribution in [0.3, 0.4) is 0 Å². The minimum Gasteiger partial charge on any atom is -0.406 e. The van der Waals surface area contributed by atoms with Crippen LogP contribution in [-0.2, 0) is 19.5 Å². The van der Waals surface area contributed by atoms with Crippen molar-refractivity contribution in [3.05, 3.63) is 94.8 Å². The highest BCUT2D eigenvalue weighted by Gasteiger charge is 2.45. The van der Waals surface area contributed by atoms with Crippen molar-refractivity contribution < 1.29 is 27.2 Å². The number of benzene rings is 2. The maximum Gasteiger partial charge on any atom is 0.573 e. The second kappa shape index (κ2) is 8.15. The highest BCUT2D eigenvalue weighted by atomic mass is 19.4. The van der Waals surface area contributed by atoms with Gasteiger partial charge in [-0.1, -0.05) is 24.3 Å². The zero-order valence-electron chi connectivity index (χ0n) is 17.0. The standard InChI is InChI=1S/C24H22F3N2O2/c1-17-5-4-7-20(28-17)13-14-29(16-19-6-2-3-8-22(19)23(29)30)15-18-9-11-21(12-10-18)31-24(25,26)27/h2-12H,13-16H2,1H3/q+1. The number of pyridine rings is 1. The van der Waals surface area contributed by atoms with Crippen molar-refractivity contribution in [2.24, 2.45) is 0 Å². The van der Waals surface area contributed by atoms with E-state index in [0.717, 1.165) is 22.5 Å². The van der Waals surface area contributed by atoms with E-state index in [0.29, 0.717) is 31.6 Å². The molecular weight excluding hydrogens is 405 g/mol. The zero-order chi connectivity index (χ0) is 22.1. The molecule has 0 spiro atoms. The van der Waals surface area contributed by atoms with Gasteiger partial charge in [0.05, 0.1) is 12.1 Å². The summed E-state index contributed by atoms with van der Waals surface area (Å²) in [7, 11) is 0. The van der Waals surface area contributed by atoms with Crippen LogP contribution in [0, 0.1) is 6.92 Å². The van der Waals surface area contributed by atoms with Crippen molar-refractivity contribution >= 4 is 5.91 Å². The number of amides is 1. The molecule has 4 rings (SSSR count). The van der Waals surface area contributed by atoms with E-state index in [9.17, 15) is 18.0 Å². The fourth-order valence-electron chi connectivity index (χ4n) is 4.12. The average Bonchev–Trinajstić information content (AvgIpc) is 2.99. The lowest BCUT2D eigenvalue weighted by Gasteiger charge is -2.31. The Morgan fingerprint density at radius 1 is 1.00 bits per heavy atom. The first-order valence-corrected chi connectivity index (χ1v) is 10.0. The van der Waals surface area contributed by atoms with Gasteiger partial charge in [0.1, 0.15) is 18.8 Å². The molecule has 1 aromatic heterocycles. The number of fused-ring (bicyclic) bond motifs is 1. The molecule has 0 radical (unpaired) electrons. The summed E-state index contributed by atoms with van der Waals surface area (Å²) in [5, 5.41) is 0. The summed E-state index contributed by atoms with van der Waals surface area (Å²) in [5.41, 5.74) is 4.29. The highest BCUT2D eigenvalue weighted by molar-refractivity contribution is 5.92. The topological polar surface area (TPSA) is 39.2 Å². The largest absolute Gasteiger partial charge is 0.573 e. The molecule has 2 aromatic carbocycles. The fraction of sp³-hybridized carbons (Fsp3) is 0.250. The molecule has 1 aliphatic rings. The third-order valence-corrected chi connectivity index (χ3v) is 5.54. The van der Waals surface area contributed by atoms with Crippen molar-refractivity contribution in [1.29, 1.82) is 0 Å². The van der Waals surface area contributed by atoms with Crippen molar-refractivity contribution in [3.63, 3.8) is 0 Å². The van der Waals surface area contributed by atoms with Gasteiger partial charge < -0.3 is 4.74 Å². The lowest BCUT2D eigenvalue weighted by Crippen LogP contribution is -2.48. The van der Waals surface area contributed by atoms with Crippen LogP contribution in [0.4, 0.5) is 13.2 Å². The molecule has 0 bridgehead atoms. The normalized spacial score (nSPS) is 18.1. The summed E-state index contributed by atoms with van der Waals surface area (Å²) in [6, 6.07) is 19.1. The summed E-state index contributed by atoms with van der Waals surface area (Å²) >= 11 is 0. The number of rotatable bonds is 6. The summed E-state index contributed by atoms with van der Waals surface area (Å²) in [6.07, 6.45) is -4.11. The highest BCUT2D eigenvalue weighted by Crippen LogP contribution is 2.33. The molecule has 1 atom stereocenters. The molecule has 160 valence electrons. The third kappa shape index (κ3) is 4.77. The number of aromatic nitrogens is 1. The molecule has 0 fully saturated rings. The van der Waals surface area contributed by atoms with Gasteiger partial charge in [0.15, 0.2) is 0 Å². The molecule has 31 heavy (non-hydrogen) atoms. The van der Waals surface area contributed by atoms with Gasteiger partial charge in [0.2, 0.25) is 0 Å².